The molecule has 24 heavy (non-hydrogen) atoms. The Bertz CT molecular complexity index is 778. The number of H-pyrrole nitrogens is 1. The lowest BCUT2D eigenvalue weighted by Crippen LogP contribution is -2.25. The fourth-order valence-corrected chi connectivity index (χ4v) is 4.37. The number of fused-ring (bicyclic) bond motifs is 1. The first kappa shape index (κ1) is 17.1. The molecule has 0 saturated carbocycles. The van der Waals surface area contributed by atoms with Gasteiger partial charge in [0.25, 0.3) is 5.56 Å². The summed E-state index contributed by atoms with van der Waals surface area (Å²) in [6.45, 7) is 3.51. The van der Waals surface area contributed by atoms with E-state index in [1.165, 1.54) is 23.1 Å². The van der Waals surface area contributed by atoms with Gasteiger partial charge in [0.05, 0.1) is 10.9 Å². The number of hydrogen-bond acceptors (Lipinski definition) is 7. The summed E-state index contributed by atoms with van der Waals surface area (Å²) in [5, 5.41) is 11.3. The van der Waals surface area contributed by atoms with Crippen molar-refractivity contribution >= 4 is 34.1 Å². The SMILES string of the molecule is CCC(Sc1nnc(C)c(=O)[nH]1)C(=O)Nc1nc2c(s1)CCCC2. The van der Waals surface area contributed by atoms with Crippen LogP contribution in [0.1, 0.15) is 42.5 Å². The monoisotopic (exact) mass is 365 g/mol. The minimum atomic E-state index is -0.362. The first-order valence-electron chi connectivity index (χ1n) is 7.96. The average molecular weight is 365 g/mol. The van der Waals surface area contributed by atoms with Gasteiger partial charge >= 0.3 is 0 Å². The summed E-state index contributed by atoms with van der Waals surface area (Å²) in [4.78, 5) is 32.6. The number of nitrogens with zero attached hydrogens (tertiary/aromatic N) is 3. The minimum Gasteiger partial charge on any atom is -0.301 e. The number of aromatic amines is 1. The Hall–Kier alpha value is -1.74. The highest BCUT2D eigenvalue weighted by Gasteiger charge is 2.22. The minimum absolute atomic E-state index is 0.128. The Labute approximate surface area is 147 Å². The quantitative estimate of drug-likeness (QED) is 0.789. The van der Waals surface area contributed by atoms with Crippen LogP contribution in [0.15, 0.2) is 9.95 Å². The Morgan fingerprint density at radius 1 is 1.38 bits per heavy atom. The Kier molecular flexibility index (Phi) is 5.30. The number of anilines is 1. The van der Waals surface area contributed by atoms with E-state index in [4.69, 9.17) is 0 Å². The van der Waals surface area contributed by atoms with Crippen LogP contribution in [0.2, 0.25) is 0 Å². The molecule has 9 heteroatoms. The Morgan fingerprint density at radius 2 is 2.17 bits per heavy atom. The highest BCUT2D eigenvalue weighted by molar-refractivity contribution is 8.00. The van der Waals surface area contributed by atoms with E-state index in [9.17, 15) is 9.59 Å². The van der Waals surface area contributed by atoms with Crippen LogP contribution in [-0.4, -0.2) is 31.3 Å². The maximum Gasteiger partial charge on any atom is 0.273 e. The third kappa shape index (κ3) is 3.84. The molecule has 2 N–H and O–H groups in total. The summed E-state index contributed by atoms with van der Waals surface area (Å²) in [7, 11) is 0. The van der Waals surface area contributed by atoms with Crippen LogP contribution in [0.4, 0.5) is 5.13 Å². The molecular formula is C15H19N5O2S2. The van der Waals surface area contributed by atoms with Crippen molar-refractivity contribution < 1.29 is 4.79 Å². The normalized spacial score (nSPS) is 14.9. The molecule has 3 rings (SSSR count). The number of carbonyl (C=O) groups excluding carboxylic acids is 1. The average Bonchev–Trinajstić information content (AvgIpc) is 2.97. The third-order valence-electron chi connectivity index (χ3n) is 3.83. The molecule has 1 amide bonds. The first-order chi connectivity index (χ1) is 11.6. The molecule has 0 fully saturated rings. The molecule has 1 aliphatic carbocycles. The van der Waals surface area contributed by atoms with E-state index in [1.807, 2.05) is 6.92 Å². The zero-order valence-corrected chi connectivity index (χ0v) is 15.2. The highest BCUT2D eigenvalue weighted by atomic mass is 32.2. The van der Waals surface area contributed by atoms with Gasteiger partial charge in [-0.1, -0.05) is 18.7 Å². The molecule has 0 spiro atoms. The van der Waals surface area contributed by atoms with Crippen LogP contribution in [-0.2, 0) is 17.6 Å². The molecule has 0 bridgehead atoms. The van der Waals surface area contributed by atoms with Crippen molar-refractivity contribution in [2.24, 2.45) is 0 Å². The van der Waals surface area contributed by atoms with Crippen molar-refractivity contribution in [1.82, 2.24) is 20.2 Å². The van der Waals surface area contributed by atoms with Crippen molar-refractivity contribution in [3.63, 3.8) is 0 Å². The zero-order valence-electron chi connectivity index (χ0n) is 13.6. The van der Waals surface area contributed by atoms with Crippen LogP contribution >= 0.6 is 23.1 Å². The number of hydrogen-bond donors (Lipinski definition) is 2. The number of aromatic nitrogens is 4. The molecule has 7 nitrogen and oxygen atoms in total. The number of carbonyl (C=O) groups is 1. The van der Waals surface area contributed by atoms with E-state index in [1.54, 1.807) is 18.3 Å². The molecule has 0 aromatic carbocycles. The highest BCUT2D eigenvalue weighted by Crippen LogP contribution is 2.30. The molecule has 1 unspecified atom stereocenters. The van der Waals surface area contributed by atoms with E-state index >= 15 is 0 Å². The van der Waals surface area contributed by atoms with Crippen LogP contribution in [0.3, 0.4) is 0 Å². The number of thioether (sulfide) groups is 1. The summed E-state index contributed by atoms with van der Waals surface area (Å²) in [6.07, 6.45) is 5.01. The van der Waals surface area contributed by atoms with Crippen molar-refractivity contribution in [3.8, 4) is 0 Å². The van der Waals surface area contributed by atoms with Crippen molar-refractivity contribution in [3.05, 3.63) is 26.6 Å². The van der Waals surface area contributed by atoms with Gasteiger partial charge in [0.1, 0.15) is 5.69 Å². The maximum absolute atomic E-state index is 12.5. The fourth-order valence-electron chi connectivity index (χ4n) is 2.48. The number of thiazole rings is 1. The molecule has 0 aliphatic heterocycles. The molecule has 2 aromatic heterocycles. The summed E-state index contributed by atoms with van der Waals surface area (Å²) in [6, 6.07) is 0. The lowest BCUT2D eigenvalue weighted by Gasteiger charge is -2.12. The van der Waals surface area contributed by atoms with Gasteiger partial charge in [-0.2, -0.15) is 0 Å². The van der Waals surface area contributed by atoms with Gasteiger partial charge in [0, 0.05) is 4.88 Å². The predicted octanol–water partition coefficient (Wildman–Crippen LogP) is 2.32. The standard InChI is InChI=1S/C15H19N5O2S2/c1-3-10(23-15-17-12(21)8(2)19-20-15)13(22)18-14-16-9-6-4-5-7-11(9)24-14/h10H,3-7H2,1-2H3,(H,16,18,22)(H,17,20,21). The van der Waals surface area contributed by atoms with Crippen LogP contribution < -0.4 is 10.9 Å². The van der Waals surface area contributed by atoms with E-state index in [0.29, 0.717) is 22.4 Å². The van der Waals surface area contributed by atoms with Crippen molar-refractivity contribution in [1.29, 1.82) is 0 Å². The predicted molar refractivity (Wildman–Crippen MR) is 94.7 cm³/mol. The first-order valence-corrected chi connectivity index (χ1v) is 9.66. The summed E-state index contributed by atoms with van der Waals surface area (Å²) in [5.41, 5.74) is 1.15. The molecule has 2 aromatic rings. The Balaban J connectivity index is 1.68. The second kappa shape index (κ2) is 7.43. The number of rotatable bonds is 5. The molecule has 128 valence electrons. The van der Waals surface area contributed by atoms with Crippen molar-refractivity contribution in [2.75, 3.05) is 5.32 Å². The second-order valence-electron chi connectivity index (χ2n) is 5.64. The lowest BCUT2D eigenvalue weighted by atomic mass is 10.0. The van der Waals surface area contributed by atoms with E-state index in [-0.39, 0.29) is 16.7 Å². The van der Waals surface area contributed by atoms with Gasteiger partial charge < -0.3 is 5.32 Å². The van der Waals surface area contributed by atoms with E-state index in [2.05, 4.69) is 25.5 Å². The van der Waals surface area contributed by atoms with Gasteiger partial charge in [-0.15, -0.1) is 21.5 Å². The van der Waals surface area contributed by atoms with Gasteiger partial charge in [0.2, 0.25) is 5.91 Å². The summed E-state index contributed by atoms with van der Waals surface area (Å²) < 4.78 is 0. The summed E-state index contributed by atoms with van der Waals surface area (Å²) in [5.74, 6) is -0.128. The maximum atomic E-state index is 12.5. The number of nitrogens with one attached hydrogen (secondary N) is 2. The number of amides is 1. The van der Waals surface area contributed by atoms with E-state index in [0.717, 1.165) is 25.0 Å². The second-order valence-corrected chi connectivity index (χ2v) is 7.92. The molecule has 0 saturated heterocycles. The van der Waals surface area contributed by atoms with Gasteiger partial charge in [-0.3, -0.25) is 14.6 Å². The zero-order chi connectivity index (χ0) is 17.1. The van der Waals surface area contributed by atoms with Gasteiger partial charge in [-0.25, -0.2) is 4.98 Å². The fraction of sp³-hybridized carbons (Fsp3) is 0.533. The molecule has 2 heterocycles. The molecule has 1 atom stereocenters. The molecule has 1 aliphatic rings. The molecule has 0 radical (unpaired) electrons. The van der Waals surface area contributed by atoms with Crippen LogP contribution in [0, 0.1) is 6.92 Å². The largest absolute Gasteiger partial charge is 0.301 e. The number of aryl methyl sites for hydroxylation is 3. The topological polar surface area (TPSA) is 101 Å². The van der Waals surface area contributed by atoms with Crippen LogP contribution in [0.25, 0.3) is 0 Å². The van der Waals surface area contributed by atoms with E-state index < -0.39 is 0 Å². The molecular weight excluding hydrogens is 346 g/mol. The van der Waals surface area contributed by atoms with Crippen molar-refractivity contribution in [2.45, 2.75) is 56.4 Å². The van der Waals surface area contributed by atoms with Gasteiger partial charge in [-0.05, 0) is 39.0 Å². The van der Waals surface area contributed by atoms with Gasteiger partial charge in [0.15, 0.2) is 10.3 Å². The summed E-state index contributed by atoms with van der Waals surface area (Å²) >= 11 is 2.77. The third-order valence-corrected chi connectivity index (χ3v) is 6.14. The smallest absolute Gasteiger partial charge is 0.273 e. The lowest BCUT2D eigenvalue weighted by molar-refractivity contribution is -0.115. The Morgan fingerprint density at radius 3 is 2.88 bits per heavy atom. The van der Waals surface area contributed by atoms with Crippen LogP contribution in [0.5, 0.6) is 0 Å².